The zero-order chi connectivity index (χ0) is 12.8. The lowest BCUT2D eigenvalue weighted by atomic mass is 10.2. The smallest absolute Gasteiger partial charge is 0.244 e. The van der Waals surface area contributed by atoms with Gasteiger partial charge in [-0.05, 0) is 20.3 Å². The number of carbonyl (C=O) groups is 1. The molecule has 4 nitrogen and oxygen atoms in total. The minimum Gasteiger partial charge on any atom is -0.353 e. The highest BCUT2D eigenvalue weighted by atomic mass is 32.2. The fraction of sp³-hybridized carbons (Fsp3) is 0.833. The molecule has 0 aromatic heterocycles. The summed E-state index contributed by atoms with van der Waals surface area (Å²) in [6.07, 6.45) is 2.38. The summed E-state index contributed by atoms with van der Waals surface area (Å²) in [5, 5.41) is 4.72. The lowest BCUT2D eigenvalue weighted by molar-refractivity contribution is -0.131. The van der Waals surface area contributed by atoms with Crippen LogP contribution in [0.15, 0.2) is 4.99 Å². The maximum absolute atomic E-state index is 11.9. The number of likely N-dealkylation sites (N-methyl/N-ethyl adjacent to an activating group) is 1. The van der Waals surface area contributed by atoms with E-state index in [4.69, 9.17) is 0 Å². The average Bonchev–Trinajstić information content (AvgIpc) is 2.75. The number of carbonyl (C=O) groups excluding carboxylic acids is 1. The highest BCUT2D eigenvalue weighted by molar-refractivity contribution is 8.14. The van der Waals surface area contributed by atoms with Gasteiger partial charge < -0.3 is 10.2 Å². The lowest BCUT2D eigenvalue weighted by Gasteiger charge is -2.21. The number of amides is 1. The van der Waals surface area contributed by atoms with Crippen molar-refractivity contribution in [3.8, 4) is 0 Å². The first kappa shape index (κ1) is 14.4. The molecule has 98 valence electrons. The fourth-order valence-corrected chi connectivity index (χ4v) is 2.91. The second-order valence-corrected chi connectivity index (χ2v) is 5.68. The summed E-state index contributed by atoms with van der Waals surface area (Å²) < 4.78 is 0. The molecule has 0 radical (unpaired) electrons. The average molecular weight is 257 g/mol. The van der Waals surface area contributed by atoms with E-state index in [1.54, 1.807) is 16.7 Å². The Morgan fingerprint density at radius 3 is 2.94 bits per heavy atom. The topological polar surface area (TPSA) is 44.7 Å². The molecule has 1 heterocycles. The van der Waals surface area contributed by atoms with Gasteiger partial charge in [0.15, 0.2) is 5.17 Å². The van der Waals surface area contributed by atoms with E-state index in [0.29, 0.717) is 5.25 Å². The molecule has 1 aliphatic heterocycles. The summed E-state index contributed by atoms with van der Waals surface area (Å²) in [7, 11) is 1.82. The Hall–Kier alpha value is -0.710. The van der Waals surface area contributed by atoms with E-state index in [2.05, 4.69) is 17.2 Å². The van der Waals surface area contributed by atoms with Crippen LogP contribution < -0.4 is 5.32 Å². The summed E-state index contributed by atoms with van der Waals surface area (Å²) in [5.74, 6) is 0.120. The predicted molar refractivity (Wildman–Crippen MR) is 74.5 cm³/mol. The zero-order valence-electron chi connectivity index (χ0n) is 11.2. The van der Waals surface area contributed by atoms with Gasteiger partial charge in [0, 0.05) is 18.8 Å². The van der Waals surface area contributed by atoms with Crippen molar-refractivity contribution in [3.63, 3.8) is 0 Å². The van der Waals surface area contributed by atoms with Gasteiger partial charge in [-0.25, -0.2) is 0 Å². The van der Waals surface area contributed by atoms with Crippen LogP contribution in [0.5, 0.6) is 0 Å². The summed E-state index contributed by atoms with van der Waals surface area (Å²) in [4.78, 5) is 18.0. The number of hydrogen-bond donors (Lipinski definition) is 1. The third-order valence-corrected chi connectivity index (χ3v) is 4.08. The Bertz CT molecular complexity index is 293. The van der Waals surface area contributed by atoms with Gasteiger partial charge in [-0.1, -0.05) is 25.1 Å². The maximum Gasteiger partial charge on any atom is 0.244 e. The van der Waals surface area contributed by atoms with Gasteiger partial charge in [-0.3, -0.25) is 9.79 Å². The van der Waals surface area contributed by atoms with E-state index >= 15 is 0 Å². The normalized spacial score (nSPS) is 20.9. The predicted octanol–water partition coefficient (Wildman–Crippen LogP) is 1.71. The molecule has 0 aliphatic carbocycles. The van der Waals surface area contributed by atoms with Gasteiger partial charge in [0.25, 0.3) is 0 Å². The van der Waals surface area contributed by atoms with Crippen LogP contribution in [0.2, 0.25) is 0 Å². The fourth-order valence-electron chi connectivity index (χ4n) is 1.70. The third kappa shape index (κ3) is 4.22. The van der Waals surface area contributed by atoms with Crippen LogP contribution in [0, 0.1) is 0 Å². The van der Waals surface area contributed by atoms with E-state index in [1.807, 2.05) is 20.9 Å². The van der Waals surface area contributed by atoms with Gasteiger partial charge in [-0.2, -0.15) is 0 Å². The minimum absolute atomic E-state index is 0.120. The van der Waals surface area contributed by atoms with Crippen molar-refractivity contribution in [1.82, 2.24) is 10.2 Å². The van der Waals surface area contributed by atoms with Crippen LogP contribution >= 0.6 is 11.8 Å². The number of hydrogen-bond acceptors (Lipinski definition) is 4. The quantitative estimate of drug-likeness (QED) is 0.815. The Morgan fingerprint density at radius 2 is 2.35 bits per heavy atom. The van der Waals surface area contributed by atoms with Crippen molar-refractivity contribution >= 4 is 22.8 Å². The molecule has 0 aromatic carbocycles. The lowest BCUT2D eigenvalue weighted by Crippen LogP contribution is -2.44. The molecule has 5 heteroatoms. The van der Waals surface area contributed by atoms with Gasteiger partial charge in [0.05, 0.1) is 6.54 Å². The van der Waals surface area contributed by atoms with Crippen LogP contribution in [-0.4, -0.2) is 47.4 Å². The SMILES string of the molecule is CCCC1CN=C(NC(C)C(=O)N(C)CC)S1. The Balaban J connectivity index is 2.37. The van der Waals surface area contributed by atoms with Crippen molar-refractivity contribution in [2.75, 3.05) is 20.1 Å². The van der Waals surface area contributed by atoms with Crippen LogP contribution in [0.1, 0.15) is 33.6 Å². The van der Waals surface area contributed by atoms with E-state index in [9.17, 15) is 4.79 Å². The molecule has 0 spiro atoms. The standard InChI is InChI=1S/C12H23N3OS/c1-5-7-10-8-13-12(17-10)14-9(3)11(16)15(4)6-2/h9-10H,5-8H2,1-4H3,(H,13,14). The number of rotatable bonds is 5. The minimum atomic E-state index is -0.188. The Morgan fingerprint density at radius 1 is 1.65 bits per heavy atom. The number of nitrogens with one attached hydrogen (secondary N) is 1. The van der Waals surface area contributed by atoms with E-state index < -0.39 is 0 Å². The van der Waals surface area contributed by atoms with Crippen molar-refractivity contribution in [3.05, 3.63) is 0 Å². The third-order valence-electron chi connectivity index (χ3n) is 2.89. The Labute approximate surface area is 108 Å². The molecule has 2 unspecified atom stereocenters. The van der Waals surface area contributed by atoms with Crippen LogP contribution in [-0.2, 0) is 4.79 Å². The van der Waals surface area contributed by atoms with E-state index in [-0.39, 0.29) is 11.9 Å². The van der Waals surface area contributed by atoms with Crippen molar-refractivity contribution in [2.24, 2.45) is 4.99 Å². The number of thioether (sulfide) groups is 1. The maximum atomic E-state index is 11.9. The molecule has 0 fully saturated rings. The first-order valence-electron chi connectivity index (χ1n) is 6.31. The number of aliphatic imine (C=N–C) groups is 1. The summed E-state index contributed by atoms with van der Waals surface area (Å²) >= 11 is 1.77. The molecule has 0 saturated heterocycles. The van der Waals surface area contributed by atoms with Gasteiger partial charge in [0.2, 0.25) is 5.91 Å². The largest absolute Gasteiger partial charge is 0.353 e. The van der Waals surface area contributed by atoms with E-state index in [0.717, 1.165) is 18.3 Å². The van der Waals surface area contributed by atoms with Crippen LogP contribution in [0.25, 0.3) is 0 Å². The molecule has 1 amide bonds. The summed E-state index contributed by atoms with van der Waals surface area (Å²) in [5.41, 5.74) is 0. The molecule has 0 saturated carbocycles. The molecule has 2 atom stereocenters. The van der Waals surface area contributed by atoms with Gasteiger partial charge in [-0.15, -0.1) is 0 Å². The van der Waals surface area contributed by atoms with Gasteiger partial charge >= 0.3 is 0 Å². The highest BCUT2D eigenvalue weighted by Gasteiger charge is 2.23. The first-order chi connectivity index (χ1) is 8.08. The molecule has 0 aromatic rings. The second-order valence-electron chi connectivity index (χ2n) is 4.39. The summed E-state index contributed by atoms with van der Waals surface area (Å²) in [6, 6.07) is -0.188. The van der Waals surface area contributed by atoms with Crippen molar-refractivity contribution < 1.29 is 4.79 Å². The number of nitrogens with zero attached hydrogens (tertiary/aromatic N) is 2. The number of amidine groups is 1. The molecule has 1 rings (SSSR count). The van der Waals surface area contributed by atoms with Gasteiger partial charge in [0.1, 0.15) is 6.04 Å². The van der Waals surface area contributed by atoms with Crippen molar-refractivity contribution in [2.45, 2.75) is 44.9 Å². The summed E-state index contributed by atoms with van der Waals surface area (Å²) in [6.45, 7) is 7.68. The first-order valence-corrected chi connectivity index (χ1v) is 7.19. The molecular formula is C12H23N3OS. The zero-order valence-corrected chi connectivity index (χ0v) is 12.0. The van der Waals surface area contributed by atoms with Crippen LogP contribution in [0.4, 0.5) is 0 Å². The molecule has 0 bridgehead atoms. The molecule has 1 N–H and O–H groups in total. The Kier molecular flexibility index (Phi) is 5.82. The van der Waals surface area contributed by atoms with Crippen LogP contribution in [0.3, 0.4) is 0 Å². The molecule has 17 heavy (non-hydrogen) atoms. The second kappa shape index (κ2) is 6.89. The van der Waals surface area contributed by atoms with E-state index in [1.165, 1.54) is 12.8 Å². The highest BCUT2D eigenvalue weighted by Crippen LogP contribution is 2.23. The molecule has 1 aliphatic rings. The monoisotopic (exact) mass is 257 g/mol. The molecular weight excluding hydrogens is 234 g/mol. The van der Waals surface area contributed by atoms with Crippen molar-refractivity contribution in [1.29, 1.82) is 0 Å².